The quantitative estimate of drug-likeness (QED) is 0.792. The summed E-state index contributed by atoms with van der Waals surface area (Å²) in [5.74, 6) is 0.740. The number of nitrogens with one attached hydrogen (secondary N) is 1. The van der Waals surface area contributed by atoms with Gasteiger partial charge in [0.1, 0.15) is 0 Å². The molecule has 0 atom stereocenters. The number of thioether (sulfide) groups is 1. The van der Waals surface area contributed by atoms with Crippen molar-refractivity contribution in [2.75, 3.05) is 0 Å². The molecular weight excluding hydrogens is 238 g/mol. The van der Waals surface area contributed by atoms with Crippen molar-refractivity contribution >= 4 is 11.8 Å². The van der Waals surface area contributed by atoms with Crippen molar-refractivity contribution in [2.45, 2.75) is 17.5 Å². The highest BCUT2D eigenvalue weighted by Crippen LogP contribution is 2.19. The van der Waals surface area contributed by atoms with Crippen LogP contribution in [-0.4, -0.2) is 19.9 Å². The molecule has 0 amide bonds. The van der Waals surface area contributed by atoms with Crippen molar-refractivity contribution in [3.8, 4) is 0 Å². The van der Waals surface area contributed by atoms with E-state index in [1.165, 1.54) is 16.3 Å². The molecule has 0 bridgehead atoms. The van der Waals surface area contributed by atoms with Crippen LogP contribution < -0.4 is 5.69 Å². The maximum Gasteiger partial charge on any atom is 0.343 e. The van der Waals surface area contributed by atoms with E-state index in [-0.39, 0.29) is 12.3 Å². The maximum atomic E-state index is 11.1. The Hall–Kier alpha value is -1.53. The minimum Gasteiger partial charge on any atom is -0.392 e. The van der Waals surface area contributed by atoms with Gasteiger partial charge in [-0.05, 0) is 11.1 Å². The van der Waals surface area contributed by atoms with Gasteiger partial charge < -0.3 is 5.11 Å². The zero-order chi connectivity index (χ0) is 12.3. The topological polar surface area (TPSA) is 70.9 Å². The Bertz CT molecular complexity index is 545. The maximum absolute atomic E-state index is 11.1. The fourth-order valence-corrected chi connectivity index (χ4v) is 2.23. The van der Waals surface area contributed by atoms with E-state index in [2.05, 4.69) is 10.2 Å². The Morgan fingerprint density at radius 1 is 1.35 bits per heavy atom. The van der Waals surface area contributed by atoms with E-state index in [0.717, 1.165) is 16.9 Å². The minimum absolute atomic E-state index is 0.0568. The van der Waals surface area contributed by atoms with Gasteiger partial charge in [-0.1, -0.05) is 36.0 Å². The Balaban J connectivity index is 2.02. The molecule has 0 saturated carbocycles. The van der Waals surface area contributed by atoms with E-state index >= 15 is 0 Å². The number of hydrogen-bond donors (Lipinski definition) is 2. The molecule has 0 fully saturated rings. The number of benzene rings is 1. The first-order valence-corrected chi connectivity index (χ1v) is 6.12. The summed E-state index contributed by atoms with van der Waals surface area (Å²) in [7, 11) is 1.68. The van der Waals surface area contributed by atoms with E-state index in [1.54, 1.807) is 7.05 Å². The Morgan fingerprint density at radius 2 is 2.00 bits per heavy atom. The second-order valence-electron chi connectivity index (χ2n) is 3.63. The van der Waals surface area contributed by atoms with Crippen LogP contribution in [0, 0.1) is 0 Å². The summed E-state index contributed by atoms with van der Waals surface area (Å²) < 4.78 is 1.48. The van der Waals surface area contributed by atoms with Crippen LogP contribution in [0.2, 0.25) is 0 Å². The lowest BCUT2D eigenvalue weighted by atomic mass is 10.2. The lowest BCUT2D eigenvalue weighted by Gasteiger charge is -2.02. The van der Waals surface area contributed by atoms with Crippen LogP contribution in [0.3, 0.4) is 0 Å². The molecule has 0 aliphatic carbocycles. The van der Waals surface area contributed by atoms with Crippen LogP contribution in [-0.2, 0) is 19.4 Å². The van der Waals surface area contributed by atoms with Crippen molar-refractivity contribution in [2.24, 2.45) is 7.05 Å². The van der Waals surface area contributed by atoms with Gasteiger partial charge in [0.2, 0.25) is 0 Å². The summed E-state index contributed by atoms with van der Waals surface area (Å²) in [6, 6.07) is 7.70. The van der Waals surface area contributed by atoms with E-state index in [9.17, 15) is 4.79 Å². The molecule has 0 radical (unpaired) electrons. The van der Waals surface area contributed by atoms with E-state index in [0.29, 0.717) is 5.16 Å². The zero-order valence-corrected chi connectivity index (χ0v) is 10.2. The zero-order valence-electron chi connectivity index (χ0n) is 9.38. The first kappa shape index (κ1) is 11.9. The largest absolute Gasteiger partial charge is 0.392 e. The van der Waals surface area contributed by atoms with Crippen LogP contribution in [0.15, 0.2) is 34.2 Å². The number of aromatic nitrogens is 3. The second-order valence-corrected chi connectivity index (χ2v) is 4.58. The number of aromatic amines is 1. The summed E-state index contributed by atoms with van der Waals surface area (Å²) in [5.41, 5.74) is 1.82. The highest BCUT2D eigenvalue weighted by atomic mass is 32.2. The van der Waals surface area contributed by atoms with Gasteiger partial charge >= 0.3 is 5.69 Å². The van der Waals surface area contributed by atoms with Crippen LogP contribution in [0.1, 0.15) is 11.1 Å². The molecule has 6 heteroatoms. The highest BCUT2D eigenvalue weighted by Gasteiger charge is 2.04. The summed E-state index contributed by atoms with van der Waals surface area (Å²) in [5, 5.41) is 15.9. The van der Waals surface area contributed by atoms with E-state index in [1.807, 2.05) is 24.3 Å². The van der Waals surface area contributed by atoms with Gasteiger partial charge in [-0.25, -0.2) is 9.89 Å². The number of nitrogens with zero attached hydrogens (tertiary/aromatic N) is 2. The van der Waals surface area contributed by atoms with Crippen LogP contribution >= 0.6 is 11.8 Å². The van der Waals surface area contributed by atoms with Crippen molar-refractivity contribution in [3.05, 3.63) is 45.9 Å². The molecule has 0 saturated heterocycles. The summed E-state index contributed by atoms with van der Waals surface area (Å²) >= 11 is 1.49. The predicted octanol–water partition coefficient (Wildman–Crippen LogP) is 0.893. The van der Waals surface area contributed by atoms with Crippen molar-refractivity contribution in [1.82, 2.24) is 14.8 Å². The SMILES string of the molecule is Cn1c(SCc2ccc(CO)cc2)n[nH]c1=O. The first-order valence-electron chi connectivity index (χ1n) is 5.13. The molecule has 1 aromatic heterocycles. The molecule has 1 heterocycles. The highest BCUT2D eigenvalue weighted by molar-refractivity contribution is 7.98. The lowest BCUT2D eigenvalue weighted by Crippen LogP contribution is -2.12. The number of H-pyrrole nitrogens is 1. The average Bonchev–Trinajstić information content (AvgIpc) is 2.68. The van der Waals surface area contributed by atoms with Gasteiger partial charge in [0.15, 0.2) is 5.16 Å². The molecule has 90 valence electrons. The van der Waals surface area contributed by atoms with Crippen LogP contribution in [0.5, 0.6) is 0 Å². The van der Waals surface area contributed by atoms with Crippen molar-refractivity contribution < 1.29 is 5.11 Å². The fourth-order valence-electron chi connectivity index (χ4n) is 1.35. The number of rotatable bonds is 4. The van der Waals surface area contributed by atoms with Gasteiger partial charge in [-0.3, -0.25) is 4.57 Å². The molecule has 5 nitrogen and oxygen atoms in total. The standard InChI is InChI=1S/C11H13N3O2S/c1-14-10(16)12-13-11(14)17-7-9-4-2-8(6-15)3-5-9/h2-5,15H,6-7H2,1H3,(H,12,16). The summed E-state index contributed by atoms with van der Waals surface area (Å²) in [6.45, 7) is 0.0568. The summed E-state index contributed by atoms with van der Waals surface area (Å²) in [6.07, 6.45) is 0. The second kappa shape index (κ2) is 5.20. The average molecular weight is 251 g/mol. The van der Waals surface area contributed by atoms with E-state index < -0.39 is 0 Å². The first-order chi connectivity index (χ1) is 8.20. The van der Waals surface area contributed by atoms with Gasteiger partial charge in [0.25, 0.3) is 0 Å². The molecule has 0 unspecified atom stereocenters. The van der Waals surface area contributed by atoms with Gasteiger partial charge in [-0.15, -0.1) is 5.10 Å². The molecule has 0 aliphatic rings. The van der Waals surface area contributed by atoms with Gasteiger partial charge in [0, 0.05) is 12.8 Å². The minimum atomic E-state index is -0.205. The van der Waals surface area contributed by atoms with Crippen LogP contribution in [0.25, 0.3) is 0 Å². The number of aliphatic hydroxyl groups excluding tert-OH is 1. The third-order valence-electron chi connectivity index (χ3n) is 2.41. The molecule has 0 aliphatic heterocycles. The molecular formula is C11H13N3O2S. The Kier molecular flexibility index (Phi) is 3.65. The van der Waals surface area contributed by atoms with Gasteiger partial charge in [-0.2, -0.15) is 0 Å². The molecule has 2 rings (SSSR count). The normalized spacial score (nSPS) is 10.7. The molecule has 1 aromatic carbocycles. The van der Waals surface area contributed by atoms with Crippen molar-refractivity contribution in [1.29, 1.82) is 0 Å². The third-order valence-corrected chi connectivity index (χ3v) is 3.51. The number of aliphatic hydroxyl groups is 1. The monoisotopic (exact) mass is 251 g/mol. The Morgan fingerprint density at radius 3 is 2.53 bits per heavy atom. The predicted molar refractivity (Wildman–Crippen MR) is 65.8 cm³/mol. The third kappa shape index (κ3) is 2.78. The van der Waals surface area contributed by atoms with E-state index in [4.69, 9.17) is 5.11 Å². The smallest absolute Gasteiger partial charge is 0.343 e. The Labute approximate surface area is 102 Å². The lowest BCUT2D eigenvalue weighted by molar-refractivity contribution is 0.282. The van der Waals surface area contributed by atoms with Crippen LogP contribution in [0.4, 0.5) is 0 Å². The molecule has 2 aromatic rings. The van der Waals surface area contributed by atoms with Gasteiger partial charge in [0.05, 0.1) is 6.61 Å². The molecule has 17 heavy (non-hydrogen) atoms. The van der Waals surface area contributed by atoms with Crippen molar-refractivity contribution in [3.63, 3.8) is 0 Å². The molecule has 2 N–H and O–H groups in total. The molecule has 0 spiro atoms. The number of hydrogen-bond acceptors (Lipinski definition) is 4. The summed E-state index contributed by atoms with van der Waals surface area (Å²) in [4.78, 5) is 11.1. The fraction of sp³-hybridized carbons (Fsp3) is 0.273.